The lowest BCUT2D eigenvalue weighted by molar-refractivity contribution is 0.609. The average Bonchev–Trinajstić information content (AvgIpc) is 2.42. The van der Waals surface area contributed by atoms with Gasteiger partial charge >= 0.3 is 0 Å². The fourth-order valence-electron chi connectivity index (χ4n) is 1.93. The van der Waals surface area contributed by atoms with Crippen molar-refractivity contribution in [1.29, 1.82) is 0 Å². The molecule has 3 heteroatoms. The number of rotatable bonds is 5. The molecule has 102 valence electrons. The van der Waals surface area contributed by atoms with Gasteiger partial charge < -0.3 is 5.32 Å². The van der Waals surface area contributed by atoms with Gasteiger partial charge in [-0.2, -0.15) is 0 Å². The quantitative estimate of drug-likeness (QED) is 0.867. The molecule has 0 saturated heterocycles. The van der Waals surface area contributed by atoms with Crippen molar-refractivity contribution in [2.45, 2.75) is 19.4 Å². The van der Waals surface area contributed by atoms with Crippen LogP contribution >= 0.6 is 12.4 Å². The summed E-state index contributed by atoms with van der Waals surface area (Å²) in [5, 5.41) is 3.40. The molecular formula is C16H19ClFN. The van der Waals surface area contributed by atoms with Crippen molar-refractivity contribution in [2.75, 3.05) is 6.54 Å². The number of halogens is 2. The first kappa shape index (κ1) is 15.7. The summed E-state index contributed by atoms with van der Waals surface area (Å²) in [6, 6.07) is 17.1. The summed E-state index contributed by atoms with van der Waals surface area (Å²) in [6.45, 7) is 3.89. The normalized spacial score (nSPS) is 11.7. The van der Waals surface area contributed by atoms with Crippen molar-refractivity contribution < 1.29 is 4.39 Å². The lowest BCUT2D eigenvalue weighted by Crippen LogP contribution is -2.19. The van der Waals surface area contributed by atoms with Crippen LogP contribution in [0.5, 0.6) is 0 Å². The molecule has 0 fully saturated rings. The van der Waals surface area contributed by atoms with Crippen LogP contribution in [0.4, 0.5) is 4.39 Å². The molecule has 2 aromatic carbocycles. The molecule has 19 heavy (non-hydrogen) atoms. The van der Waals surface area contributed by atoms with E-state index in [1.807, 2.05) is 18.2 Å². The molecule has 0 saturated carbocycles. The lowest BCUT2D eigenvalue weighted by Gasteiger charge is -2.13. The Morgan fingerprint density at radius 2 is 1.63 bits per heavy atom. The van der Waals surface area contributed by atoms with Crippen molar-refractivity contribution in [1.82, 2.24) is 5.32 Å². The van der Waals surface area contributed by atoms with Crippen molar-refractivity contribution in [3.8, 4) is 0 Å². The van der Waals surface area contributed by atoms with Crippen LogP contribution in [0.3, 0.4) is 0 Å². The first-order chi connectivity index (χ1) is 8.75. The molecule has 1 atom stereocenters. The van der Waals surface area contributed by atoms with Crippen LogP contribution < -0.4 is 5.32 Å². The van der Waals surface area contributed by atoms with Crippen molar-refractivity contribution in [3.05, 3.63) is 71.5 Å². The molecule has 0 amide bonds. The highest BCUT2D eigenvalue weighted by Gasteiger charge is 2.03. The lowest BCUT2D eigenvalue weighted by atomic mass is 10.0. The molecule has 0 bridgehead atoms. The Hall–Kier alpha value is -1.38. The fourth-order valence-corrected chi connectivity index (χ4v) is 1.93. The van der Waals surface area contributed by atoms with E-state index in [9.17, 15) is 4.39 Å². The second-order valence-electron chi connectivity index (χ2n) is 4.57. The fraction of sp³-hybridized carbons (Fsp3) is 0.250. The van der Waals surface area contributed by atoms with E-state index in [0.717, 1.165) is 18.7 Å². The number of hydrogen-bond donors (Lipinski definition) is 1. The minimum Gasteiger partial charge on any atom is -0.312 e. The maximum Gasteiger partial charge on any atom is 0.123 e. The van der Waals surface area contributed by atoms with Crippen molar-refractivity contribution in [3.63, 3.8) is 0 Å². The summed E-state index contributed by atoms with van der Waals surface area (Å²) < 4.78 is 12.7. The number of benzene rings is 2. The van der Waals surface area contributed by atoms with E-state index in [4.69, 9.17) is 0 Å². The summed E-state index contributed by atoms with van der Waals surface area (Å²) in [7, 11) is 0. The second-order valence-corrected chi connectivity index (χ2v) is 4.57. The zero-order valence-corrected chi connectivity index (χ0v) is 11.8. The van der Waals surface area contributed by atoms with Gasteiger partial charge in [0.05, 0.1) is 0 Å². The molecular weight excluding hydrogens is 261 g/mol. The Kier molecular flexibility index (Phi) is 6.54. The monoisotopic (exact) mass is 279 g/mol. The molecule has 2 aromatic rings. The number of nitrogens with one attached hydrogen (secondary N) is 1. The Morgan fingerprint density at radius 1 is 1.00 bits per heavy atom. The van der Waals surface area contributed by atoms with Crippen molar-refractivity contribution >= 4 is 12.4 Å². The molecule has 1 nitrogen and oxygen atoms in total. The van der Waals surface area contributed by atoms with Gasteiger partial charge in [-0.3, -0.25) is 0 Å². The Morgan fingerprint density at radius 3 is 2.26 bits per heavy atom. The van der Waals surface area contributed by atoms with Gasteiger partial charge in [-0.15, -0.1) is 12.4 Å². The smallest absolute Gasteiger partial charge is 0.123 e. The SMILES string of the molecule is CC(CNCc1ccc(F)cc1)c1ccccc1.Cl. The molecule has 1 N–H and O–H groups in total. The van der Waals surface area contributed by atoms with Gasteiger partial charge in [0.1, 0.15) is 5.82 Å². The third-order valence-electron chi connectivity index (χ3n) is 3.06. The zero-order valence-electron chi connectivity index (χ0n) is 11.0. The van der Waals surface area contributed by atoms with Crippen LogP contribution in [0.2, 0.25) is 0 Å². The third kappa shape index (κ3) is 5.01. The van der Waals surface area contributed by atoms with E-state index in [0.29, 0.717) is 5.92 Å². The molecule has 0 aliphatic heterocycles. The summed E-state index contributed by atoms with van der Waals surface area (Å²) in [4.78, 5) is 0. The predicted octanol–water partition coefficient (Wildman–Crippen LogP) is 4.14. The molecule has 0 spiro atoms. The first-order valence-corrected chi connectivity index (χ1v) is 6.26. The van der Waals surface area contributed by atoms with Gasteiger partial charge in [-0.25, -0.2) is 4.39 Å². The third-order valence-corrected chi connectivity index (χ3v) is 3.06. The van der Waals surface area contributed by atoms with Gasteiger partial charge in [0.25, 0.3) is 0 Å². The molecule has 0 aliphatic carbocycles. The highest BCUT2D eigenvalue weighted by atomic mass is 35.5. The first-order valence-electron chi connectivity index (χ1n) is 6.26. The van der Waals surface area contributed by atoms with Crippen molar-refractivity contribution in [2.24, 2.45) is 0 Å². The van der Waals surface area contributed by atoms with Crippen LogP contribution in [0.15, 0.2) is 54.6 Å². The van der Waals surface area contributed by atoms with Crippen LogP contribution in [0.25, 0.3) is 0 Å². The minimum atomic E-state index is -0.184. The summed E-state index contributed by atoms with van der Waals surface area (Å²) in [6.07, 6.45) is 0. The molecule has 0 radical (unpaired) electrons. The largest absolute Gasteiger partial charge is 0.312 e. The highest BCUT2D eigenvalue weighted by Crippen LogP contribution is 2.13. The Bertz CT molecular complexity index is 470. The molecule has 0 heterocycles. The van der Waals surface area contributed by atoms with Crippen LogP contribution in [-0.4, -0.2) is 6.54 Å². The maximum atomic E-state index is 12.7. The van der Waals surface area contributed by atoms with Crippen LogP contribution in [0.1, 0.15) is 24.0 Å². The molecule has 1 unspecified atom stereocenters. The standard InChI is InChI=1S/C16H18FN.ClH/c1-13(15-5-3-2-4-6-15)11-18-12-14-7-9-16(17)10-8-14;/h2-10,13,18H,11-12H2,1H3;1H. The van der Waals surface area contributed by atoms with E-state index >= 15 is 0 Å². The zero-order chi connectivity index (χ0) is 12.8. The van der Waals surface area contributed by atoms with E-state index in [2.05, 4.69) is 36.5 Å². The van der Waals surface area contributed by atoms with Gasteiger partial charge in [0.2, 0.25) is 0 Å². The summed E-state index contributed by atoms with van der Waals surface area (Å²) in [5.41, 5.74) is 2.45. The minimum absolute atomic E-state index is 0. The summed E-state index contributed by atoms with van der Waals surface area (Å²) in [5.74, 6) is 0.294. The van der Waals surface area contributed by atoms with E-state index in [1.54, 1.807) is 0 Å². The topological polar surface area (TPSA) is 12.0 Å². The van der Waals surface area contributed by atoms with E-state index < -0.39 is 0 Å². The van der Waals surface area contributed by atoms with E-state index in [-0.39, 0.29) is 18.2 Å². The second kappa shape index (κ2) is 7.93. The molecule has 0 aliphatic rings. The van der Waals surface area contributed by atoms with E-state index in [1.165, 1.54) is 17.7 Å². The maximum absolute atomic E-state index is 12.7. The average molecular weight is 280 g/mol. The number of hydrogen-bond acceptors (Lipinski definition) is 1. The van der Waals surface area contributed by atoms with Crippen LogP contribution in [-0.2, 0) is 6.54 Å². The van der Waals surface area contributed by atoms with Crippen LogP contribution in [0, 0.1) is 5.82 Å². The van der Waals surface area contributed by atoms with Gasteiger partial charge in [-0.05, 0) is 29.2 Å². The predicted molar refractivity (Wildman–Crippen MR) is 80.2 cm³/mol. The highest BCUT2D eigenvalue weighted by molar-refractivity contribution is 5.85. The molecule has 0 aromatic heterocycles. The van der Waals surface area contributed by atoms with Gasteiger partial charge in [-0.1, -0.05) is 49.4 Å². The summed E-state index contributed by atoms with van der Waals surface area (Å²) >= 11 is 0. The van der Waals surface area contributed by atoms with Gasteiger partial charge in [0.15, 0.2) is 0 Å². The van der Waals surface area contributed by atoms with Gasteiger partial charge in [0, 0.05) is 13.1 Å². The molecule has 2 rings (SSSR count). The Balaban J connectivity index is 0.00000180. The Labute approximate surface area is 120 Å².